The second-order valence-corrected chi connectivity index (χ2v) is 5.50. The Morgan fingerprint density at radius 3 is 2.31 bits per heavy atom. The van der Waals surface area contributed by atoms with Crippen molar-refractivity contribution in [1.29, 1.82) is 0 Å². The van der Waals surface area contributed by atoms with Crippen molar-refractivity contribution >= 4 is 5.78 Å². The van der Waals surface area contributed by atoms with Gasteiger partial charge >= 0.3 is 0 Å². The summed E-state index contributed by atoms with van der Waals surface area (Å²) in [5.74, 6) is -0.299. The van der Waals surface area contributed by atoms with E-state index in [2.05, 4.69) is 0 Å². The van der Waals surface area contributed by atoms with Crippen molar-refractivity contribution in [2.75, 3.05) is 0 Å². The van der Waals surface area contributed by atoms with E-state index in [9.17, 15) is 15.2 Å². The van der Waals surface area contributed by atoms with Gasteiger partial charge in [0.15, 0.2) is 0 Å². The number of ketones is 1. The largest absolute Gasteiger partial charge is 0.598 e. The minimum atomic E-state index is -1.29. The van der Waals surface area contributed by atoms with Gasteiger partial charge in [0.1, 0.15) is 16.9 Å². The average Bonchev–Trinajstić information content (AvgIpc) is 2.24. The summed E-state index contributed by atoms with van der Waals surface area (Å²) in [6.07, 6.45) is 1.16. The Labute approximate surface area is 97.4 Å². The molecular formula is C12H23NO3. The average molecular weight is 229 g/mol. The molecule has 0 amide bonds. The predicted molar refractivity (Wildman–Crippen MR) is 61.6 cm³/mol. The van der Waals surface area contributed by atoms with Gasteiger partial charge < -0.3 is 5.21 Å². The van der Waals surface area contributed by atoms with E-state index in [-0.39, 0.29) is 18.1 Å². The van der Waals surface area contributed by atoms with E-state index in [4.69, 9.17) is 0 Å². The third kappa shape index (κ3) is 1.44. The molecule has 4 unspecified atom stereocenters. The molecule has 0 radical (unpaired) electrons. The molecule has 0 aromatic rings. The topological polar surface area (TPSA) is 60.4 Å². The minimum absolute atomic E-state index is 0.0901. The van der Waals surface area contributed by atoms with Gasteiger partial charge in [-0.1, -0.05) is 13.8 Å². The Bertz CT molecular complexity index is 303. The first-order valence-electron chi connectivity index (χ1n) is 6.02. The van der Waals surface area contributed by atoms with Crippen molar-refractivity contribution in [3.63, 3.8) is 0 Å². The zero-order valence-electron chi connectivity index (χ0n) is 10.9. The van der Waals surface area contributed by atoms with Crippen molar-refractivity contribution in [2.24, 2.45) is 5.92 Å². The Hall–Kier alpha value is -0.450. The van der Waals surface area contributed by atoms with Gasteiger partial charge in [-0.15, -0.1) is 0 Å². The van der Waals surface area contributed by atoms with Gasteiger partial charge in [-0.2, -0.15) is 0 Å². The summed E-state index contributed by atoms with van der Waals surface area (Å²) < 4.78 is 0. The first kappa shape index (κ1) is 13.6. The van der Waals surface area contributed by atoms with Crippen LogP contribution in [0.15, 0.2) is 0 Å². The van der Waals surface area contributed by atoms with Gasteiger partial charge in [-0.25, -0.2) is 10.0 Å². The fourth-order valence-corrected chi connectivity index (χ4v) is 2.72. The van der Waals surface area contributed by atoms with Crippen LogP contribution in [0.25, 0.3) is 0 Å². The Morgan fingerprint density at radius 2 is 1.94 bits per heavy atom. The Kier molecular flexibility index (Phi) is 3.22. The number of hydroxylamine groups is 4. The smallest absolute Gasteiger partial charge is 0.148 e. The number of quaternary nitrogens is 1. The highest BCUT2D eigenvalue weighted by molar-refractivity contribution is 5.83. The minimum Gasteiger partial charge on any atom is -0.598 e. The molecule has 4 heteroatoms. The number of Topliss-reactive ketones (excluding diaryl/α,β-unsaturated/α-hetero) is 1. The molecule has 0 saturated carbocycles. The molecule has 1 aliphatic rings. The van der Waals surface area contributed by atoms with Crippen molar-refractivity contribution in [2.45, 2.75) is 65.0 Å². The molecule has 0 aromatic heterocycles. The van der Waals surface area contributed by atoms with E-state index in [1.165, 1.54) is 0 Å². The number of piperidine rings is 1. The van der Waals surface area contributed by atoms with Crippen LogP contribution in [0.5, 0.6) is 0 Å². The maximum Gasteiger partial charge on any atom is 0.148 e. The fourth-order valence-electron chi connectivity index (χ4n) is 2.72. The summed E-state index contributed by atoms with van der Waals surface area (Å²) in [5, 5.41) is 22.9. The molecule has 16 heavy (non-hydrogen) atoms. The molecule has 1 N–H and O–H groups in total. The van der Waals surface area contributed by atoms with E-state index in [1.54, 1.807) is 20.8 Å². The highest BCUT2D eigenvalue weighted by Gasteiger charge is 2.61. The molecule has 1 saturated heterocycles. The van der Waals surface area contributed by atoms with Gasteiger partial charge in [0.2, 0.25) is 0 Å². The SMILES string of the molecule is CCC1(C)CC(=O)C(C)C(C)(CC)[N+]1([O-])O. The zero-order chi connectivity index (χ0) is 12.8. The normalized spacial score (nSPS) is 49.4. The Morgan fingerprint density at radius 1 is 1.44 bits per heavy atom. The van der Waals surface area contributed by atoms with Gasteiger partial charge in [0.25, 0.3) is 0 Å². The van der Waals surface area contributed by atoms with E-state index < -0.39 is 15.9 Å². The molecule has 1 rings (SSSR count). The van der Waals surface area contributed by atoms with Crippen LogP contribution in [0.3, 0.4) is 0 Å². The molecule has 0 aliphatic carbocycles. The summed E-state index contributed by atoms with van der Waals surface area (Å²) in [5.41, 5.74) is -1.84. The van der Waals surface area contributed by atoms with Crippen LogP contribution in [0, 0.1) is 11.1 Å². The molecule has 4 nitrogen and oxygen atoms in total. The van der Waals surface area contributed by atoms with Crippen molar-refractivity contribution in [1.82, 2.24) is 0 Å². The van der Waals surface area contributed by atoms with Crippen molar-refractivity contribution in [3.05, 3.63) is 5.21 Å². The second-order valence-electron chi connectivity index (χ2n) is 5.50. The lowest BCUT2D eigenvalue weighted by Gasteiger charge is -2.62. The summed E-state index contributed by atoms with van der Waals surface area (Å²) in [6, 6.07) is 0. The van der Waals surface area contributed by atoms with Gasteiger partial charge in [0, 0.05) is 12.8 Å². The number of carbonyl (C=O) groups is 1. The Balaban J connectivity index is 3.30. The predicted octanol–water partition coefficient (Wildman–Crippen LogP) is 2.64. The van der Waals surface area contributed by atoms with E-state index in [1.807, 2.05) is 13.8 Å². The van der Waals surface area contributed by atoms with Crippen LogP contribution in [-0.2, 0) is 4.79 Å². The number of hydrogen-bond acceptors (Lipinski definition) is 3. The zero-order valence-corrected chi connectivity index (χ0v) is 10.9. The third-order valence-corrected chi connectivity index (χ3v) is 4.87. The number of rotatable bonds is 2. The first-order chi connectivity index (χ1) is 7.16. The van der Waals surface area contributed by atoms with Crippen LogP contribution in [0.2, 0.25) is 0 Å². The number of carbonyl (C=O) groups excluding carboxylic acids is 1. The number of hydrogen-bond donors (Lipinski definition) is 1. The van der Waals surface area contributed by atoms with Crippen LogP contribution in [-0.4, -0.2) is 26.9 Å². The highest BCUT2D eigenvalue weighted by atomic mass is 16.8. The quantitative estimate of drug-likeness (QED) is 0.585. The molecule has 1 aliphatic heterocycles. The lowest BCUT2D eigenvalue weighted by atomic mass is 9.70. The number of nitrogens with zero attached hydrogens (tertiary/aromatic N) is 1. The van der Waals surface area contributed by atoms with Gasteiger partial charge in [-0.05, 0) is 20.8 Å². The van der Waals surface area contributed by atoms with Crippen molar-refractivity contribution < 1.29 is 14.8 Å². The first-order valence-corrected chi connectivity index (χ1v) is 6.02. The molecule has 0 spiro atoms. The summed E-state index contributed by atoms with van der Waals surface area (Å²) in [6.45, 7) is 8.88. The lowest BCUT2D eigenvalue weighted by Crippen LogP contribution is -2.74. The molecular weight excluding hydrogens is 206 g/mol. The standard InChI is InChI=1S/C12H23NO3/c1-6-11(4)8-10(14)9(3)12(5,7-2)13(11,15)16/h9,15H,6-8H2,1-5H3. The van der Waals surface area contributed by atoms with Gasteiger partial charge in [0.05, 0.1) is 12.3 Å². The molecule has 4 atom stereocenters. The maximum absolute atomic E-state index is 12.6. The third-order valence-electron chi connectivity index (χ3n) is 4.87. The van der Waals surface area contributed by atoms with Crippen molar-refractivity contribution in [3.8, 4) is 0 Å². The molecule has 1 heterocycles. The van der Waals surface area contributed by atoms with Crippen LogP contribution in [0.1, 0.15) is 53.9 Å². The van der Waals surface area contributed by atoms with Crippen LogP contribution >= 0.6 is 0 Å². The van der Waals surface area contributed by atoms with E-state index in [0.29, 0.717) is 12.8 Å². The molecule has 1 fully saturated rings. The monoisotopic (exact) mass is 229 g/mol. The lowest BCUT2D eigenvalue weighted by molar-refractivity contribution is -1.14. The molecule has 94 valence electrons. The second kappa shape index (κ2) is 3.79. The van der Waals surface area contributed by atoms with E-state index in [0.717, 1.165) is 0 Å². The fraction of sp³-hybridized carbons (Fsp3) is 0.917. The van der Waals surface area contributed by atoms with Gasteiger partial charge in [-0.3, -0.25) is 4.79 Å². The van der Waals surface area contributed by atoms with Crippen LogP contribution < -0.4 is 0 Å². The molecule has 0 bridgehead atoms. The summed E-state index contributed by atoms with van der Waals surface area (Å²) in [4.78, 5) is 10.7. The summed E-state index contributed by atoms with van der Waals surface area (Å²) >= 11 is 0. The van der Waals surface area contributed by atoms with E-state index >= 15 is 0 Å². The summed E-state index contributed by atoms with van der Waals surface area (Å²) in [7, 11) is 0. The highest BCUT2D eigenvalue weighted by Crippen LogP contribution is 2.47. The maximum atomic E-state index is 12.6. The van der Waals surface area contributed by atoms with Crippen LogP contribution in [0.4, 0.5) is 0 Å². The molecule has 0 aromatic carbocycles.